The Balaban J connectivity index is 1.92. The predicted molar refractivity (Wildman–Crippen MR) is 72.7 cm³/mol. The van der Waals surface area contributed by atoms with Crippen molar-refractivity contribution in [1.82, 2.24) is 10.2 Å². The van der Waals surface area contributed by atoms with Gasteiger partial charge in [-0.15, -0.1) is 16.4 Å². The average molecular weight is 266 g/mol. The van der Waals surface area contributed by atoms with Gasteiger partial charge in [-0.05, 0) is 32.9 Å². The molecule has 0 bridgehead atoms. The van der Waals surface area contributed by atoms with E-state index in [0.717, 1.165) is 6.42 Å². The second-order valence-electron chi connectivity index (χ2n) is 4.50. The van der Waals surface area contributed by atoms with Crippen LogP contribution in [0.4, 0.5) is 6.01 Å². The van der Waals surface area contributed by atoms with Crippen LogP contribution >= 0.6 is 11.3 Å². The minimum absolute atomic E-state index is 0.233. The van der Waals surface area contributed by atoms with Crippen molar-refractivity contribution in [3.63, 3.8) is 0 Å². The third-order valence-electron chi connectivity index (χ3n) is 2.50. The van der Waals surface area contributed by atoms with Gasteiger partial charge in [-0.25, -0.2) is 0 Å². The Kier molecular flexibility index (Phi) is 3.98. The number of nitrogens with two attached hydrogens (primary N) is 1. The highest BCUT2D eigenvalue weighted by molar-refractivity contribution is 7.11. The summed E-state index contributed by atoms with van der Waals surface area (Å²) in [6, 6.07) is 4.73. The second-order valence-corrected chi connectivity index (χ2v) is 5.87. The van der Waals surface area contributed by atoms with Gasteiger partial charge in [0.1, 0.15) is 0 Å². The molecule has 2 aromatic heterocycles. The number of anilines is 1. The number of thiophene rings is 1. The van der Waals surface area contributed by atoms with Crippen molar-refractivity contribution < 1.29 is 4.42 Å². The van der Waals surface area contributed by atoms with E-state index >= 15 is 0 Å². The zero-order valence-electron chi connectivity index (χ0n) is 10.8. The topological polar surface area (TPSA) is 77.0 Å². The number of rotatable bonds is 5. The smallest absolute Gasteiger partial charge is 0.315 e. The first-order valence-electron chi connectivity index (χ1n) is 5.95. The summed E-state index contributed by atoms with van der Waals surface area (Å²) in [7, 11) is 0. The highest BCUT2D eigenvalue weighted by atomic mass is 32.1. The minimum Gasteiger partial charge on any atom is -0.406 e. The molecule has 0 aromatic carbocycles. The summed E-state index contributed by atoms with van der Waals surface area (Å²) < 4.78 is 5.40. The van der Waals surface area contributed by atoms with E-state index in [1.54, 1.807) is 0 Å². The molecule has 2 heterocycles. The van der Waals surface area contributed by atoms with Crippen LogP contribution in [0.2, 0.25) is 0 Å². The Hall–Kier alpha value is -1.40. The van der Waals surface area contributed by atoms with Crippen molar-refractivity contribution in [2.24, 2.45) is 5.73 Å². The molecule has 0 aliphatic heterocycles. The Bertz CT molecular complexity index is 506. The lowest BCUT2D eigenvalue weighted by Crippen LogP contribution is -2.17. The normalized spacial score (nSPS) is 14.4. The van der Waals surface area contributed by atoms with Gasteiger partial charge in [0.25, 0.3) is 0 Å². The van der Waals surface area contributed by atoms with Crippen LogP contribution in [0, 0.1) is 6.92 Å². The monoisotopic (exact) mass is 266 g/mol. The van der Waals surface area contributed by atoms with Gasteiger partial charge in [-0.2, -0.15) is 0 Å². The van der Waals surface area contributed by atoms with E-state index in [2.05, 4.69) is 41.5 Å². The summed E-state index contributed by atoms with van der Waals surface area (Å²) in [4.78, 5) is 2.67. The van der Waals surface area contributed by atoms with Crippen LogP contribution < -0.4 is 11.1 Å². The Morgan fingerprint density at radius 2 is 2.17 bits per heavy atom. The fourth-order valence-electron chi connectivity index (χ4n) is 1.64. The van der Waals surface area contributed by atoms with E-state index in [0.29, 0.717) is 11.9 Å². The molecule has 0 aliphatic carbocycles. The van der Waals surface area contributed by atoms with Crippen LogP contribution in [0.3, 0.4) is 0 Å². The van der Waals surface area contributed by atoms with Crippen molar-refractivity contribution in [3.8, 4) is 0 Å². The lowest BCUT2D eigenvalue weighted by Gasteiger charge is -2.10. The molecule has 0 saturated carbocycles. The fraction of sp³-hybridized carbons (Fsp3) is 0.500. The van der Waals surface area contributed by atoms with Gasteiger partial charge in [-0.1, -0.05) is 5.10 Å². The molecule has 0 saturated heterocycles. The van der Waals surface area contributed by atoms with Crippen LogP contribution in [0.5, 0.6) is 0 Å². The van der Waals surface area contributed by atoms with Crippen LogP contribution in [0.15, 0.2) is 16.5 Å². The van der Waals surface area contributed by atoms with Crippen LogP contribution in [-0.4, -0.2) is 16.2 Å². The van der Waals surface area contributed by atoms with Gasteiger partial charge in [0, 0.05) is 22.2 Å². The fourth-order valence-corrected chi connectivity index (χ4v) is 2.65. The molecule has 2 atom stereocenters. The zero-order valence-corrected chi connectivity index (χ0v) is 11.6. The highest BCUT2D eigenvalue weighted by Crippen LogP contribution is 2.18. The van der Waals surface area contributed by atoms with Crippen molar-refractivity contribution in [2.45, 2.75) is 39.3 Å². The Morgan fingerprint density at radius 1 is 1.39 bits per heavy atom. The van der Waals surface area contributed by atoms with Crippen molar-refractivity contribution in [1.29, 1.82) is 0 Å². The molecule has 0 amide bonds. The molecule has 18 heavy (non-hydrogen) atoms. The second kappa shape index (κ2) is 5.49. The Morgan fingerprint density at radius 3 is 2.72 bits per heavy atom. The average Bonchev–Trinajstić information content (AvgIpc) is 2.88. The molecule has 0 radical (unpaired) electrons. The van der Waals surface area contributed by atoms with Crippen molar-refractivity contribution >= 4 is 17.4 Å². The van der Waals surface area contributed by atoms with E-state index < -0.39 is 0 Å². The first-order valence-corrected chi connectivity index (χ1v) is 6.77. The largest absolute Gasteiger partial charge is 0.406 e. The first kappa shape index (κ1) is 13.0. The number of nitrogens with one attached hydrogen (secondary N) is 1. The van der Waals surface area contributed by atoms with Gasteiger partial charge in [0.15, 0.2) is 0 Å². The summed E-state index contributed by atoms with van der Waals surface area (Å²) >= 11 is 1.81. The molecule has 6 heteroatoms. The molecule has 0 spiro atoms. The molecule has 2 rings (SSSR count). The molecule has 0 aliphatic rings. The standard InChI is InChI=1S/C12H18N4OS/c1-7(6-10-5-4-8(2)18-10)14-12-16-15-11(17-12)9(3)13/h4-5,7,9H,6,13H2,1-3H3,(H,14,16). The van der Waals surface area contributed by atoms with Crippen molar-refractivity contribution in [2.75, 3.05) is 5.32 Å². The number of aryl methyl sites for hydroxylation is 1. The Labute approximate surface area is 110 Å². The van der Waals surface area contributed by atoms with E-state index in [-0.39, 0.29) is 12.1 Å². The lowest BCUT2D eigenvalue weighted by molar-refractivity contribution is 0.469. The molecule has 3 N–H and O–H groups in total. The first-order chi connectivity index (χ1) is 8.54. The van der Waals surface area contributed by atoms with Crippen LogP contribution in [-0.2, 0) is 6.42 Å². The van der Waals surface area contributed by atoms with E-state index in [1.807, 2.05) is 18.3 Å². The molecule has 2 aromatic rings. The lowest BCUT2D eigenvalue weighted by atomic mass is 10.2. The maximum absolute atomic E-state index is 5.66. The summed E-state index contributed by atoms with van der Waals surface area (Å²) in [5.41, 5.74) is 5.66. The van der Waals surface area contributed by atoms with Gasteiger partial charge < -0.3 is 15.5 Å². The molecule has 2 unspecified atom stereocenters. The molecule has 0 fully saturated rings. The maximum atomic E-state index is 5.66. The SMILES string of the molecule is Cc1ccc(CC(C)Nc2nnc(C(C)N)o2)s1. The van der Waals surface area contributed by atoms with E-state index in [1.165, 1.54) is 9.75 Å². The molecule has 98 valence electrons. The van der Waals surface area contributed by atoms with E-state index in [9.17, 15) is 0 Å². The van der Waals surface area contributed by atoms with E-state index in [4.69, 9.17) is 10.2 Å². The van der Waals surface area contributed by atoms with Crippen LogP contribution in [0.1, 0.15) is 35.5 Å². The highest BCUT2D eigenvalue weighted by Gasteiger charge is 2.12. The third kappa shape index (κ3) is 3.30. The van der Waals surface area contributed by atoms with Crippen LogP contribution in [0.25, 0.3) is 0 Å². The molecule has 5 nitrogen and oxygen atoms in total. The van der Waals surface area contributed by atoms with Crippen molar-refractivity contribution in [3.05, 3.63) is 27.8 Å². The maximum Gasteiger partial charge on any atom is 0.315 e. The molecular weight excluding hydrogens is 248 g/mol. The summed E-state index contributed by atoms with van der Waals surface area (Å²) in [6.07, 6.45) is 0.939. The summed E-state index contributed by atoms with van der Waals surface area (Å²) in [6.45, 7) is 6.01. The van der Waals surface area contributed by atoms with Gasteiger partial charge in [0.2, 0.25) is 5.89 Å². The zero-order chi connectivity index (χ0) is 13.1. The third-order valence-corrected chi connectivity index (χ3v) is 3.53. The minimum atomic E-state index is -0.233. The number of hydrogen-bond acceptors (Lipinski definition) is 6. The number of nitrogens with zero attached hydrogens (tertiary/aromatic N) is 2. The quantitative estimate of drug-likeness (QED) is 0.869. The summed E-state index contributed by atoms with van der Waals surface area (Å²) in [5.74, 6) is 0.455. The number of hydrogen-bond donors (Lipinski definition) is 2. The van der Waals surface area contributed by atoms with Gasteiger partial charge >= 0.3 is 6.01 Å². The number of aromatic nitrogens is 2. The predicted octanol–water partition coefficient (Wildman–Crippen LogP) is 2.50. The summed E-state index contributed by atoms with van der Waals surface area (Å²) in [5, 5.41) is 11.0. The molecular formula is C12H18N4OS. The van der Waals surface area contributed by atoms with Gasteiger partial charge in [-0.3, -0.25) is 0 Å². The van der Waals surface area contributed by atoms with Gasteiger partial charge in [0.05, 0.1) is 6.04 Å².